The lowest BCUT2D eigenvalue weighted by molar-refractivity contribution is -0.136. The number of carbonyl (C=O) groups is 1. The molecule has 1 aliphatic rings. The first-order valence-electron chi connectivity index (χ1n) is 9.67. The van der Waals surface area contributed by atoms with Gasteiger partial charge >= 0.3 is 5.63 Å². The maximum atomic E-state index is 12.5. The molecule has 2 heterocycles. The number of hydrogen-bond donors (Lipinski definition) is 0. The van der Waals surface area contributed by atoms with Crippen LogP contribution in [0.3, 0.4) is 0 Å². The Morgan fingerprint density at radius 1 is 1.14 bits per heavy atom. The predicted molar refractivity (Wildman–Crippen MR) is 108 cm³/mol. The van der Waals surface area contributed by atoms with Crippen molar-refractivity contribution in [3.05, 3.63) is 65.0 Å². The van der Waals surface area contributed by atoms with E-state index in [0.717, 1.165) is 35.9 Å². The van der Waals surface area contributed by atoms with Gasteiger partial charge in [0.15, 0.2) is 6.61 Å². The molecule has 0 bridgehead atoms. The number of carbonyl (C=O) groups excluding carboxylic acids is 1. The number of rotatable bonds is 4. The fourth-order valence-corrected chi connectivity index (χ4v) is 3.79. The van der Waals surface area contributed by atoms with Gasteiger partial charge in [-0.1, -0.05) is 30.3 Å². The third-order valence-corrected chi connectivity index (χ3v) is 5.29. The van der Waals surface area contributed by atoms with Crippen LogP contribution in [0, 0.1) is 0 Å². The molecule has 4 rings (SSSR count). The Kier molecular flexibility index (Phi) is 5.15. The van der Waals surface area contributed by atoms with Gasteiger partial charge in [-0.05, 0) is 49.4 Å². The van der Waals surface area contributed by atoms with Gasteiger partial charge in [-0.15, -0.1) is 0 Å². The van der Waals surface area contributed by atoms with Crippen molar-refractivity contribution >= 4 is 16.9 Å². The van der Waals surface area contributed by atoms with Crippen LogP contribution >= 0.6 is 0 Å². The Balaban J connectivity index is 1.57. The van der Waals surface area contributed by atoms with Crippen molar-refractivity contribution in [3.8, 4) is 16.9 Å². The Morgan fingerprint density at radius 2 is 1.96 bits per heavy atom. The van der Waals surface area contributed by atoms with E-state index in [1.165, 1.54) is 12.5 Å². The number of amides is 1. The van der Waals surface area contributed by atoms with Gasteiger partial charge in [-0.3, -0.25) is 4.79 Å². The summed E-state index contributed by atoms with van der Waals surface area (Å²) in [6.07, 6.45) is 3.24. The molecule has 0 spiro atoms. The van der Waals surface area contributed by atoms with E-state index in [1.54, 1.807) is 6.07 Å². The van der Waals surface area contributed by atoms with Gasteiger partial charge in [0.1, 0.15) is 11.3 Å². The fourth-order valence-electron chi connectivity index (χ4n) is 3.79. The normalized spacial score (nSPS) is 16.9. The summed E-state index contributed by atoms with van der Waals surface area (Å²) in [6, 6.07) is 16.8. The molecular formula is C23H23NO4. The van der Waals surface area contributed by atoms with E-state index in [1.807, 2.05) is 47.4 Å². The summed E-state index contributed by atoms with van der Waals surface area (Å²) >= 11 is 0. The number of piperidine rings is 1. The van der Waals surface area contributed by atoms with Crippen LogP contribution in [0.5, 0.6) is 5.75 Å². The molecule has 3 aromatic rings. The molecule has 0 aliphatic carbocycles. The van der Waals surface area contributed by atoms with Gasteiger partial charge in [0.25, 0.3) is 5.91 Å². The van der Waals surface area contributed by atoms with Gasteiger partial charge in [0, 0.05) is 30.1 Å². The highest BCUT2D eigenvalue weighted by atomic mass is 16.5. The minimum atomic E-state index is -0.415. The summed E-state index contributed by atoms with van der Waals surface area (Å²) in [4.78, 5) is 26.4. The minimum Gasteiger partial charge on any atom is -0.484 e. The SMILES string of the molecule is C[C@H]1CCCCN1C(=O)COc1ccc2c(-c3ccccc3)cc(=O)oc2c1. The number of hydrogen-bond acceptors (Lipinski definition) is 4. The monoisotopic (exact) mass is 377 g/mol. The van der Waals surface area contributed by atoms with Crippen LogP contribution < -0.4 is 10.4 Å². The van der Waals surface area contributed by atoms with E-state index in [2.05, 4.69) is 6.92 Å². The van der Waals surface area contributed by atoms with E-state index < -0.39 is 5.63 Å². The second kappa shape index (κ2) is 7.89. The molecule has 0 saturated carbocycles. The molecule has 5 nitrogen and oxygen atoms in total. The number of ether oxygens (including phenoxy) is 1. The Morgan fingerprint density at radius 3 is 2.75 bits per heavy atom. The first-order valence-corrected chi connectivity index (χ1v) is 9.67. The fraction of sp³-hybridized carbons (Fsp3) is 0.304. The first-order chi connectivity index (χ1) is 13.6. The third-order valence-electron chi connectivity index (χ3n) is 5.29. The van der Waals surface area contributed by atoms with Crippen LogP contribution in [0.2, 0.25) is 0 Å². The molecule has 1 aromatic heterocycles. The van der Waals surface area contributed by atoms with Crippen LogP contribution in [0.15, 0.2) is 63.8 Å². The average molecular weight is 377 g/mol. The van der Waals surface area contributed by atoms with Gasteiger partial charge in [-0.25, -0.2) is 4.79 Å². The summed E-state index contributed by atoms with van der Waals surface area (Å²) in [5, 5.41) is 0.828. The van der Waals surface area contributed by atoms with Gasteiger partial charge in [-0.2, -0.15) is 0 Å². The molecule has 2 aromatic carbocycles. The Labute approximate surface area is 163 Å². The zero-order valence-corrected chi connectivity index (χ0v) is 15.9. The molecule has 1 atom stereocenters. The topological polar surface area (TPSA) is 59.8 Å². The second-order valence-electron chi connectivity index (χ2n) is 7.22. The quantitative estimate of drug-likeness (QED) is 0.638. The van der Waals surface area contributed by atoms with Crippen LogP contribution in [0.4, 0.5) is 0 Å². The molecule has 0 radical (unpaired) electrons. The van der Waals surface area contributed by atoms with E-state index in [4.69, 9.17) is 9.15 Å². The second-order valence-corrected chi connectivity index (χ2v) is 7.22. The maximum Gasteiger partial charge on any atom is 0.336 e. The third kappa shape index (κ3) is 3.79. The maximum absolute atomic E-state index is 12.5. The van der Waals surface area contributed by atoms with Crippen molar-refractivity contribution in [2.75, 3.05) is 13.2 Å². The Bertz CT molecular complexity index is 1040. The van der Waals surface area contributed by atoms with Crippen molar-refractivity contribution in [1.29, 1.82) is 0 Å². The van der Waals surface area contributed by atoms with Gasteiger partial charge in [0.2, 0.25) is 0 Å². The highest BCUT2D eigenvalue weighted by molar-refractivity contribution is 5.93. The summed E-state index contributed by atoms with van der Waals surface area (Å²) in [6.45, 7) is 2.85. The van der Waals surface area contributed by atoms with Crippen LogP contribution in [-0.4, -0.2) is 30.0 Å². The molecule has 0 unspecified atom stereocenters. The van der Waals surface area contributed by atoms with Crippen LogP contribution in [0.25, 0.3) is 22.1 Å². The first kappa shape index (κ1) is 18.3. The van der Waals surface area contributed by atoms with E-state index in [0.29, 0.717) is 11.3 Å². The molecule has 1 aliphatic heterocycles. The largest absolute Gasteiger partial charge is 0.484 e. The molecule has 5 heteroatoms. The lowest BCUT2D eigenvalue weighted by Crippen LogP contribution is -2.44. The zero-order valence-electron chi connectivity index (χ0n) is 15.9. The predicted octanol–water partition coefficient (Wildman–Crippen LogP) is 4.24. The highest BCUT2D eigenvalue weighted by Gasteiger charge is 2.23. The lowest BCUT2D eigenvalue weighted by atomic mass is 10.0. The molecule has 144 valence electrons. The zero-order chi connectivity index (χ0) is 19.5. The molecule has 1 fully saturated rings. The minimum absolute atomic E-state index is 0.00761. The summed E-state index contributed by atoms with van der Waals surface area (Å²) < 4.78 is 11.1. The number of benzene rings is 2. The van der Waals surface area contributed by atoms with Crippen molar-refractivity contribution in [1.82, 2.24) is 4.90 Å². The van der Waals surface area contributed by atoms with Crippen molar-refractivity contribution in [2.24, 2.45) is 0 Å². The molecule has 0 N–H and O–H groups in total. The van der Waals surface area contributed by atoms with E-state index in [9.17, 15) is 9.59 Å². The summed E-state index contributed by atoms with van der Waals surface area (Å²) in [5.41, 5.74) is 1.80. The highest BCUT2D eigenvalue weighted by Crippen LogP contribution is 2.29. The van der Waals surface area contributed by atoms with Gasteiger partial charge in [0.05, 0.1) is 0 Å². The van der Waals surface area contributed by atoms with E-state index in [-0.39, 0.29) is 18.6 Å². The van der Waals surface area contributed by atoms with Gasteiger partial charge < -0.3 is 14.1 Å². The molecule has 1 amide bonds. The number of likely N-dealkylation sites (tertiary alicyclic amines) is 1. The summed E-state index contributed by atoms with van der Waals surface area (Å²) in [5.74, 6) is 0.505. The number of nitrogens with zero attached hydrogens (tertiary/aromatic N) is 1. The standard InChI is InChI=1S/C23H23NO4/c1-16-7-5-6-12-24(16)22(25)15-27-18-10-11-19-20(17-8-3-2-4-9-17)14-23(26)28-21(19)13-18/h2-4,8-11,13-14,16H,5-7,12,15H2,1H3/t16-/m0/s1. The molecule has 28 heavy (non-hydrogen) atoms. The van der Waals surface area contributed by atoms with Crippen molar-refractivity contribution < 1.29 is 13.9 Å². The van der Waals surface area contributed by atoms with Crippen molar-refractivity contribution in [2.45, 2.75) is 32.2 Å². The van der Waals surface area contributed by atoms with Crippen LogP contribution in [-0.2, 0) is 4.79 Å². The average Bonchev–Trinajstić information content (AvgIpc) is 2.72. The smallest absolute Gasteiger partial charge is 0.336 e. The Hall–Kier alpha value is -3.08. The van der Waals surface area contributed by atoms with Crippen LogP contribution in [0.1, 0.15) is 26.2 Å². The lowest BCUT2D eigenvalue weighted by Gasteiger charge is -2.33. The van der Waals surface area contributed by atoms with Crippen molar-refractivity contribution in [3.63, 3.8) is 0 Å². The van der Waals surface area contributed by atoms with E-state index >= 15 is 0 Å². The molecular weight excluding hydrogens is 354 g/mol. The number of fused-ring (bicyclic) bond motifs is 1. The summed E-state index contributed by atoms with van der Waals surface area (Å²) in [7, 11) is 0. The molecule has 1 saturated heterocycles.